The Morgan fingerprint density at radius 2 is 2.12 bits per heavy atom. The lowest BCUT2D eigenvalue weighted by Gasteiger charge is -2.09. The van der Waals surface area contributed by atoms with Crippen LogP contribution in [0.4, 0.5) is 5.69 Å². The van der Waals surface area contributed by atoms with Crippen LogP contribution < -0.4 is 0 Å². The molecule has 0 aliphatic rings. The molecule has 0 amide bonds. The van der Waals surface area contributed by atoms with Crippen molar-refractivity contribution < 1.29 is 19.9 Å². The van der Waals surface area contributed by atoms with Crippen LogP contribution in [0.15, 0.2) is 12.1 Å². The molecule has 0 heterocycles. The number of aliphatic hydroxyl groups excluding tert-OH is 1. The van der Waals surface area contributed by atoms with Crippen LogP contribution in [0, 0.1) is 17.0 Å². The zero-order valence-electron chi connectivity index (χ0n) is 8.18. The van der Waals surface area contributed by atoms with Crippen LogP contribution in [0.25, 0.3) is 0 Å². The lowest BCUT2D eigenvalue weighted by Crippen LogP contribution is -2.12. The van der Waals surface area contributed by atoms with Gasteiger partial charge in [0.25, 0.3) is 5.69 Å². The standard InChI is InChI=1S/C9H8ClNO5/c1-4-2-6(10)7(11(15)16)3-5(4)8(12)9(13)14/h2-3,8,12H,1H3,(H,13,14). The van der Waals surface area contributed by atoms with Gasteiger partial charge in [0.1, 0.15) is 5.02 Å². The van der Waals surface area contributed by atoms with E-state index in [1.165, 1.54) is 13.0 Å². The van der Waals surface area contributed by atoms with Gasteiger partial charge in [-0.2, -0.15) is 0 Å². The van der Waals surface area contributed by atoms with E-state index >= 15 is 0 Å². The van der Waals surface area contributed by atoms with Crippen molar-refractivity contribution in [1.29, 1.82) is 0 Å². The number of halogens is 1. The van der Waals surface area contributed by atoms with Crippen LogP contribution in [0.1, 0.15) is 17.2 Å². The van der Waals surface area contributed by atoms with E-state index in [1.807, 2.05) is 0 Å². The van der Waals surface area contributed by atoms with E-state index < -0.39 is 22.7 Å². The molecular formula is C9H8ClNO5. The van der Waals surface area contributed by atoms with E-state index in [9.17, 15) is 20.0 Å². The lowest BCUT2D eigenvalue weighted by molar-refractivity contribution is -0.384. The molecule has 0 aliphatic carbocycles. The predicted octanol–water partition coefficient (Wildman–Crippen LogP) is 1.67. The van der Waals surface area contributed by atoms with Gasteiger partial charge in [-0.1, -0.05) is 11.6 Å². The highest BCUT2D eigenvalue weighted by Gasteiger charge is 2.23. The molecule has 0 saturated carbocycles. The molecule has 0 saturated heterocycles. The second-order valence-corrected chi connectivity index (χ2v) is 3.57. The van der Waals surface area contributed by atoms with Gasteiger partial charge in [-0.15, -0.1) is 0 Å². The predicted molar refractivity (Wildman–Crippen MR) is 55.4 cm³/mol. The summed E-state index contributed by atoms with van der Waals surface area (Å²) < 4.78 is 0. The van der Waals surface area contributed by atoms with E-state index in [4.69, 9.17) is 16.7 Å². The van der Waals surface area contributed by atoms with E-state index in [0.29, 0.717) is 5.56 Å². The quantitative estimate of drug-likeness (QED) is 0.623. The van der Waals surface area contributed by atoms with E-state index in [2.05, 4.69) is 0 Å². The van der Waals surface area contributed by atoms with Crippen LogP contribution >= 0.6 is 11.6 Å². The highest BCUT2D eigenvalue weighted by atomic mass is 35.5. The monoisotopic (exact) mass is 245 g/mol. The molecule has 7 heteroatoms. The number of aliphatic hydroxyl groups is 1. The number of nitrogens with zero attached hydrogens (tertiary/aromatic N) is 1. The van der Waals surface area contributed by atoms with Crippen LogP contribution in [0.2, 0.25) is 5.02 Å². The highest BCUT2D eigenvalue weighted by Crippen LogP contribution is 2.30. The van der Waals surface area contributed by atoms with Gasteiger partial charge >= 0.3 is 5.97 Å². The van der Waals surface area contributed by atoms with Crippen molar-refractivity contribution in [3.05, 3.63) is 38.4 Å². The van der Waals surface area contributed by atoms with Gasteiger partial charge in [-0.25, -0.2) is 4.79 Å². The summed E-state index contributed by atoms with van der Waals surface area (Å²) in [6.07, 6.45) is -1.80. The minimum Gasteiger partial charge on any atom is -0.479 e. The summed E-state index contributed by atoms with van der Waals surface area (Å²) in [5.41, 5.74) is -0.0864. The van der Waals surface area contributed by atoms with Gasteiger partial charge in [-0.05, 0) is 18.6 Å². The topological polar surface area (TPSA) is 101 Å². The largest absolute Gasteiger partial charge is 0.479 e. The Kier molecular flexibility index (Phi) is 3.46. The fourth-order valence-electron chi connectivity index (χ4n) is 1.24. The van der Waals surface area contributed by atoms with Gasteiger partial charge in [0, 0.05) is 11.6 Å². The smallest absolute Gasteiger partial charge is 0.337 e. The maximum Gasteiger partial charge on any atom is 0.337 e. The average molecular weight is 246 g/mol. The number of carbonyl (C=O) groups is 1. The molecule has 0 fully saturated rings. The molecule has 0 aromatic heterocycles. The first-order chi connectivity index (χ1) is 7.34. The van der Waals surface area contributed by atoms with Crippen molar-refractivity contribution in [3.8, 4) is 0 Å². The highest BCUT2D eigenvalue weighted by molar-refractivity contribution is 6.32. The molecule has 0 radical (unpaired) electrons. The molecule has 1 rings (SSSR count). The number of carboxylic acids is 1. The molecule has 0 bridgehead atoms. The Labute approximate surface area is 95.2 Å². The molecule has 86 valence electrons. The lowest BCUT2D eigenvalue weighted by atomic mass is 10.0. The van der Waals surface area contributed by atoms with Crippen molar-refractivity contribution >= 4 is 23.3 Å². The first-order valence-corrected chi connectivity index (χ1v) is 4.57. The minimum absolute atomic E-state index is 0.0383. The molecule has 1 atom stereocenters. The summed E-state index contributed by atoms with van der Waals surface area (Å²) in [6.45, 7) is 1.51. The maximum absolute atomic E-state index is 10.6. The van der Waals surface area contributed by atoms with Crippen LogP contribution in [-0.2, 0) is 4.79 Å². The molecule has 2 N–H and O–H groups in total. The van der Waals surface area contributed by atoms with Gasteiger partial charge in [-0.3, -0.25) is 10.1 Å². The fourth-order valence-corrected chi connectivity index (χ4v) is 1.53. The van der Waals surface area contributed by atoms with Crippen LogP contribution in [-0.4, -0.2) is 21.1 Å². The number of nitro groups is 1. The molecule has 1 unspecified atom stereocenters. The van der Waals surface area contributed by atoms with Crippen molar-refractivity contribution in [1.82, 2.24) is 0 Å². The summed E-state index contributed by atoms with van der Waals surface area (Å²) >= 11 is 5.61. The fraction of sp³-hybridized carbons (Fsp3) is 0.222. The number of aliphatic carboxylic acids is 1. The normalized spacial score (nSPS) is 12.2. The summed E-state index contributed by atoms with van der Waals surface area (Å²) in [6, 6.07) is 2.22. The average Bonchev–Trinajstić information content (AvgIpc) is 2.16. The molecule has 6 nitrogen and oxygen atoms in total. The van der Waals surface area contributed by atoms with Gasteiger partial charge in [0.15, 0.2) is 6.10 Å². The van der Waals surface area contributed by atoms with Gasteiger partial charge < -0.3 is 10.2 Å². The van der Waals surface area contributed by atoms with Crippen molar-refractivity contribution in [2.45, 2.75) is 13.0 Å². The third-order valence-electron chi connectivity index (χ3n) is 2.06. The summed E-state index contributed by atoms with van der Waals surface area (Å²) in [4.78, 5) is 20.4. The zero-order chi connectivity index (χ0) is 12.5. The second kappa shape index (κ2) is 4.46. The summed E-state index contributed by atoms with van der Waals surface area (Å²) in [5, 5.41) is 28.4. The van der Waals surface area contributed by atoms with Crippen LogP contribution in [0.5, 0.6) is 0 Å². The van der Waals surface area contributed by atoms with Crippen molar-refractivity contribution in [3.63, 3.8) is 0 Å². The van der Waals surface area contributed by atoms with Crippen LogP contribution in [0.3, 0.4) is 0 Å². The van der Waals surface area contributed by atoms with E-state index in [1.54, 1.807) is 0 Å². The molecule has 1 aromatic rings. The summed E-state index contributed by atoms with van der Waals surface area (Å²) in [5.74, 6) is -1.47. The Bertz CT molecular complexity index is 459. The first-order valence-electron chi connectivity index (χ1n) is 4.20. The Morgan fingerprint density at radius 1 is 1.56 bits per heavy atom. The zero-order valence-corrected chi connectivity index (χ0v) is 8.93. The second-order valence-electron chi connectivity index (χ2n) is 3.16. The van der Waals surface area contributed by atoms with Gasteiger partial charge in [0.05, 0.1) is 4.92 Å². The molecule has 0 aliphatic heterocycles. The SMILES string of the molecule is Cc1cc(Cl)c([N+](=O)[O-])cc1C(O)C(=O)O. The number of carboxylic acid groups (broad SMARTS) is 1. The van der Waals surface area contributed by atoms with Crippen molar-refractivity contribution in [2.75, 3.05) is 0 Å². The summed E-state index contributed by atoms with van der Waals surface area (Å²) in [7, 11) is 0. The Morgan fingerprint density at radius 3 is 2.56 bits per heavy atom. The Balaban J connectivity index is 3.35. The number of benzene rings is 1. The van der Waals surface area contributed by atoms with Gasteiger partial charge in [0.2, 0.25) is 0 Å². The molecule has 1 aromatic carbocycles. The molecule has 16 heavy (non-hydrogen) atoms. The van der Waals surface area contributed by atoms with E-state index in [-0.39, 0.29) is 10.6 Å². The first kappa shape index (κ1) is 12.4. The number of aryl methyl sites for hydroxylation is 1. The van der Waals surface area contributed by atoms with E-state index in [0.717, 1.165) is 6.07 Å². The maximum atomic E-state index is 10.6. The Hall–Kier alpha value is -1.66. The number of hydrogen-bond donors (Lipinski definition) is 2. The number of rotatable bonds is 3. The number of nitro benzene ring substituents is 1. The molecule has 0 spiro atoms. The minimum atomic E-state index is -1.80. The third kappa shape index (κ3) is 2.29. The number of hydrogen-bond acceptors (Lipinski definition) is 4. The van der Waals surface area contributed by atoms with Crippen molar-refractivity contribution in [2.24, 2.45) is 0 Å². The molecular weight excluding hydrogens is 238 g/mol. The third-order valence-corrected chi connectivity index (χ3v) is 2.36.